The van der Waals surface area contributed by atoms with E-state index in [0.717, 1.165) is 54.9 Å². The van der Waals surface area contributed by atoms with Crippen LogP contribution in [0.5, 0.6) is 0 Å². The Hall–Kier alpha value is -2.39. The van der Waals surface area contributed by atoms with Crippen molar-refractivity contribution in [2.45, 2.75) is 51.1 Å². The van der Waals surface area contributed by atoms with Crippen molar-refractivity contribution in [2.24, 2.45) is 0 Å². The molecule has 0 fully saturated rings. The van der Waals surface area contributed by atoms with Gasteiger partial charge in [0.15, 0.2) is 0 Å². The van der Waals surface area contributed by atoms with E-state index in [0.29, 0.717) is 5.69 Å². The highest BCUT2D eigenvalue weighted by molar-refractivity contribution is 7.19. The number of benzene rings is 1. The first-order chi connectivity index (χ1) is 13.7. The molecule has 0 amide bonds. The zero-order valence-electron chi connectivity index (χ0n) is 16.0. The Balaban J connectivity index is 1.55. The summed E-state index contributed by atoms with van der Waals surface area (Å²) in [5.41, 5.74) is 5.74. The van der Waals surface area contributed by atoms with Crippen molar-refractivity contribution < 1.29 is 4.39 Å². The van der Waals surface area contributed by atoms with E-state index >= 15 is 0 Å². The molecule has 0 radical (unpaired) electrons. The summed E-state index contributed by atoms with van der Waals surface area (Å²) in [6.07, 6.45) is 8.28. The van der Waals surface area contributed by atoms with E-state index in [1.807, 2.05) is 18.2 Å². The zero-order chi connectivity index (χ0) is 19.5. The Bertz CT molecular complexity index is 930. The SMILES string of the molecule is C=C(NC1CCCC(Nc2ccccc2F)=C1C=P)c1ncn2c1CCCC2. The van der Waals surface area contributed by atoms with E-state index < -0.39 is 0 Å². The normalized spacial score (nSPS) is 19.1. The molecule has 6 heteroatoms. The van der Waals surface area contributed by atoms with Crippen molar-refractivity contribution in [1.29, 1.82) is 0 Å². The second-order valence-corrected chi connectivity index (χ2v) is 7.73. The number of nitrogens with zero attached hydrogens (tertiary/aromatic N) is 2. The molecule has 1 aliphatic carbocycles. The van der Waals surface area contributed by atoms with Crippen LogP contribution in [0.15, 0.2) is 48.4 Å². The molecule has 0 bridgehead atoms. The van der Waals surface area contributed by atoms with Crippen LogP contribution in [-0.2, 0) is 13.0 Å². The third-order valence-corrected chi connectivity index (χ3v) is 5.91. The molecule has 2 heterocycles. The highest BCUT2D eigenvalue weighted by atomic mass is 31.0. The number of para-hydroxylation sites is 1. The Labute approximate surface area is 167 Å². The minimum atomic E-state index is -0.243. The first-order valence-electron chi connectivity index (χ1n) is 9.92. The lowest BCUT2D eigenvalue weighted by atomic mass is 9.91. The molecule has 146 valence electrons. The average molecular weight is 396 g/mol. The van der Waals surface area contributed by atoms with Crippen molar-refractivity contribution in [3.8, 4) is 0 Å². The van der Waals surface area contributed by atoms with Crippen LogP contribution in [0.4, 0.5) is 10.1 Å². The quantitative estimate of drug-likeness (QED) is 0.691. The van der Waals surface area contributed by atoms with Crippen LogP contribution in [0.25, 0.3) is 5.70 Å². The molecule has 0 spiro atoms. The molecular formula is C22H26FN4P. The predicted molar refractivity (Wildman–Crippen MR) is 116 cm³/mol. The van der Waals surface area contributed by atoms with Gasteiger partial charge in [-0.3, -0.25) is 0 Å². The molecule has 0 saturated heterocycles. The summed E-state index contributed by atoms with van der Waals surface area (Å²) >= 11 is 0. The van der Waals surface area contributed by atoms with E-state index in [9.17, 15) is 4.39 Å². The largest absolute Gasteiger partial charge is 0.377 e. The second kappa shape index (κ2) is 8.32. The summed E-state index contributed by atoms with van der Waals surface area (Å²) < 4.78 is 16.3. The molecule has 2 N–H and O–H groups in total. The number of anilines is 1. The minimum Gasteiger partial charge on any atom is -0.377 e. The molecule has 1 aliphatic heterocycles. The fourth-order valence-electron chi connectivity index (χ4n) is 4.16. The lowest BCUT2D eigenvalue weighted by molar-refractivity contribution is 0.530. The lowest BCUT2D eigenvalue weighted by Gasteiger charge is -2.30. The van der Waals surface area contributed by atoms with Crippen molar-refractivity contribution in [3.05, 3.63) is 65.6 Å². The topological polar surface area (TPSA) is 41.9 Å². The number of allylic oxidation sites excluding steroid dienone is 1. The predicted octanol–water partition coefficient (Wildman–Crippen LogP) is 4.78. The van der Waals surface area contributed by atoms with Gasteiger partial charge in [0.05, 0.1) is 23.8 Å². The molecule has 0 saturated carbocycles. The Morgan fingerprint density at radius 2 is 2.11 bits per heavy atom. The first kappa shape index (κ1) is 18.9. The summed E-state index contributed by atoms with van der Waals surface area (Å²) in [7, 11) is 3.57. The molecule has 1 aromatic carbocycles. The summed E-state index contributed by atoms with van der Waals surface area (Å²) in [5.74, 6) is 1.68. The number of fused-ring (bicyclic) bond motifs is 1. The maximum atomic E-state index is 14.1. The standard InChI is InChI=1S/C22H26FN4P/c1-15(22-21-11-4-5-12-27(21)14-24-22)25-18-9-6-10-19(16(18)13-28)26-20-8-3-2-7-17(20)23/h2-3,7-8,13-14,18,25-26,28H,1,4-6,9-12H2. The molecule has 1 aromatic heterocycles. The van der Waals surface area contributed by atoms with Gasteiger partial charge in [-0.05, 0) is 62.0 Å². The summed E-state index contributed by atoms with van der Waals surface area (Å²) in [4.78, 5) is 4.61. The van der Waals surface area contributed by atoms with Gasteiger partial charge in [0.2, 0.25) is 0 Å². The number of aromatic nitrogens is 2. The average Bonchev–Trinajstić information content (AvgIpc) is 3.14. The van der Waals surface area contributed by atoms with E-state index in [1.54, 1.807) is 12.1 Å². The third-order valence-electron chi connectivity index (χ3n) is 5.60. The fourth-order valence-corrected chi connectivity index (χ4v) is 4.53. The number of hydrogen-bond donors (Lipinski definition) is 2. The van der Waals surface area contributed by atoms with Crippen LogP contribution in [0.2, 0.25) is 0 Å². The van der Waals surface area contributed by atoms with E-state index in [1.165, 1.54) is 24.6 Å². The van der Waals surface area contributed by atoms with Crippen molar-refractivity contribution in [3.63, 3.8) is 0 Å². The van der Waals surface area contributed by atoms with Gasteiger partial charge in [-0.25, -0.2) is 9.37 Å². The number of nitrogens with one attached hydrogen (secondary N) is 2. The number of aryl methyl sites for hydroxylation is 1. The van der Waals surface area contributed by atoms with Crippen LogP contribution < -0.4 is 10.6 Å². The molecule has 1 atom stereocenters. The smallest absolute Gasteiger partial charge is 0.146 e. The number of halogens is 1. The zero-order valence-corrected chi connectivity index (χ0v) is 17.0. The second-order valence-electron chi connectivity index (χ2n) is 7.44. The Kier molecular flexibility index (Phi) is 5.63. The van der Waals surface area contributed by atoms with Crippen molar-refractivity contribution in [2.75, 3.05) is 5.32 Å². The lowest BCUT2D eigenvalue weighted by Crippen LogP contribution is -2.34. The maximum Gasteiger partial charge on any atom is 0.146 e. The molecule has 2 aromatic rings. The maximum absolute atomic E-state index is 14.1. The number of rotatable bonds is 6. The van der Waals surface area contributed by atoms with Crippen molar-refractivity contribution >= 4 is 26.0 Å². The number of hydrogen-bond acceptors (Lipinski definition) is 3. The molecular weight excluding hydrogens is 370 g/mol. The fraction of sp³-hybridized carbons (Fsp3) is 0.364. The monoisotopic (exact) mass is 396 g/mol. The van der Waals surface area contributed by atoms with Crippen LogP contribution in [-0.4, -0.2) is 21.4 Å². The number of imidazole rings is 1. The molecule has 4 rings (SSSR count). The summed E-state index contributed by atoms with van der Waals surface area (Å²) in [6.45, 7) is 5.31. The van der Waals surface area contributed by atoms with Crippen LogP contribution >= 0.6 is 8.86 Å². The minimum absolute atomic E-state index is 0.106. The van der Waals surface area contributed by atoms with Gasteiger partial charge in [-0.15, -0.1) is 8.86 Å². The van der Waals surface area contributed by atoms with Gasteiger partial charge in [-0.1, -0.05) is 18.7 Å². The first-order valence-corrected chi connectivity index (χ1v) is 10.5. The Morgan fingerprint density at radius 3 is 2.93 bits per heavy atom. The third kappa shape index (κ3) is 3.77. The van der Waals surface area contributed by atoms with Gasteiger partial charge in [0.25, 0.3) is 0 Å². The molecule has 2 aliphatic rings. The van der Waals surface area contributed by atoms with E-state index in [4.69, 9.17) is 0 Å². The molecule has 1 unspecified atom stereocenters. The van der Waals surface area contributed by atoms with E-state index in [2.05, 4.69) is 35.6 Å². The van der Waals surface area contributed by atoms with Crippen LogP contribution in [0, 0.1) is 5.82 Å². The molecule has 28 heavy (non-hydrogen) atoms. The summed E-state index contributed by atoms with van der Waals surface area (Å²) in [6, 6.07) is 6.88. The van der Waals surface area contributed by atoms with Gasteiger partial charge in [0, 0.05) is 17.9 Å². The van der Waals surface area contributed by atoms with Gasteiger partial charge >= 0.3 is 0 Å². The highest BCUT2D eigenvalue weighted by Gasteiger charge is 2.24. The highest BCUT2D eigenvalue weighted by Crippen LogP contribution is 2.29. The van der Waals surface area contributed by atoms with Gasteiger partial charge in [0.1, 0.15) is 11.5 Å². The van der Waals surface area contributed by atoms with Crippen LogP contribution in [0.3, 0.4) is 0 Å². The van der Waals surface area contributed by atoms with Crippen LogP contribution in [0.1, 0.15) is 43.5 Å². The van der Waals surface area contributed by atoms with Crippen molar-refractivity contribution in [1.82, 2.24) is 14.9 Å². The van der Waals surface area contributed by atoms with Gasteiger partial charge in [-0.2, -0.15) is 0 Å². The summed E-state index contributed by atoms with van der Waals surface area (Å²) in [5, 5.41) is 6.87. The Morgan fingerprint density at radius 1 is 1.25 bits per heavy atom. The molecule has 4 nitrogen and oxygen atoms in total. The van der Waals surface area contributed by atoms with E-state index in [-0.39, 0.29) is 11.9 Å². The van der Waals surface area contributed by atoms with Gasteiger partial charge < -0.3 is 15.2 Å².